The van der Waals surface area contributed by atoms with Gasteiger partial charge in [-0.2, -0.15) is 0 Å². The summed E-state index contributed by atoms with van der Waals surface area (Å²) in [6.45, 7) is 6.11. The standard InChI is InChI=1S/C19H19ClN2O6/c1-9(23)12(18(27)28-19(2,3)4)21-14(20)13(17(21)26)22-15(24)10-7-5-6-8-11(10)16(22)25/h5-8,13-14,23H,1-4H3/b12-9-/t13-,14+/m0/s1. The fourth-order valence-corrected chi connectivity index (χ4v) is 3.53. The van der Waals surface area contributed by atoms with Crippen LogP contribution in [-0.4, -0.2) is 55.7 Å². The maximum absolute atomic E-state index is 12.8. The van der Waals surface area contributed by atoms with Crippen LogP contribution in [0.2, 0.25) is 0 Å². The Bertz CT molecular complexity index is 894. The summed E-state index contributed by atoms with van der Waals surface area (Å²) < 4.78 is 5.21. The van der Waals surface area contributed by atoms with Crippen molar-refractivity contribution in [2.75, 3.05) is 0 Å². The van der Waals surface area contributed by atoms with Crippen molar-refractivity contribution in [2.45, 2.75) is 44.8 Å². The van der Waals surface area contributed by atoms with Crippen LogP contribution in [0.3, 0.4) is 0 Å². The van der Waals surface area contributed by atoms with Crippen molar-refractivity contribution in [2.24, 2.45) is 0 Å². The molecular weight excluding hydrogens is 388 g/mol. The molecule has 3 rings (SSSR count). The average Bonchev–Trinajstić information content (AvgIpc) is 2.83. The number of amides is 3. The largest absolute Gasteiger partial charge is 0.510 e. The highest BCUT2D eigenvalue weighted by Gasteiger charge is 2.58. The highest BCUT2D eigenvalue weighted by Crippen LogP contribution is 2.37. The number of alkyl halides is 1. The topological polar surface area (TPSA) is 104 Å². The number of halogens is 1. The zero-order chi connectivity index (χ0) is 21.0. The summed E-state index contributed by atoms with van der Waals surface area (Å²) in [5.74, 6) is -3.43. The molecule has 0 spiro atoms. The van der Waals surface area contributed by atoms with Gasteiger partial charge in [-0.3, -0.25) is 24.2 Å². The Morgan fingerprint density at radius 1 is 1.11 bits per heavy atom. The molecule has 1 aromatic carbocycles. The summed E-state index contributed by atoms with van der Waals surface area (Å²) in [4.78, 5) is 52.0. The molecular formula is C19H19ClN2O6. The number of rotatable bonds is 3. The van der Waals surface area contributed by atoms with E-state index in [2.05, 4.69) is 0 Å². The molecule has 0 unspecified atom stereocenters. The van der Waals surface area contributed by atoms with Gasteiger partial charge in [0.1, 0.15) is 16.9 Å². The third-order valence-electron chi connectivity index (χ3n) is 4.28. The van der Waals surface area contributed by atoms with Crippen LogP contribution < -0.4 is 0 Å². The van der Waals surface area contributed by atoms with E-state index in [1.54, 1.807) is 32.9 Å². The number of nitrogens with zero attached hydrogens (tertiary/aromatic N) is 2. The first-order valence-electron chi connectivity index (χ1n) is 8.53. The predicted octanol–water partition coefficient (Wildman–Crippen LogP) is 2.19. The number of aliphatic hydroxyl groups is 1. The van der Waals surface area contributed by atoms with E-state index in [4.69, 9.17) is 16.3 Å². The van der Waals surface area contributed by atoms with E-state index in [1.165, 1.54) is 19.1 Å². The average molecular weight is 407 g/mol. The van der Waals surface area contributed by atoms with E-state index in [1.807, 2.05) is 0 Å². The van der Waals surface area contributed by atoms with E-state index < -0.39 is 52.3 Å². The molecule has 0 aromatic heterocycles. The minimum Gasteiger partial charge on any atom is -0.510 e. The molecule has 0 saturated carbocycles. The molecule has 28 heavy (non-hydrogen) atoms. The number of esters is 1. The number of imide groups is 1. The van der Waals surface area contributed by atoms with Crippen LogP contribution >= 0.6 is 11.6 Å². The van der Waals surface area contributed by atoms with E-state index in [0.29, 0.717) is 0 Å². The number of fused-ring (bicyclic) bond motifs is 1. The van der Waals surface area contributed by atoms with Gasteiger partial charge in [0, 0.05) is 0 Å². The van der Waals surface area contributed by atoms with Crippen molar-refractivity contribution in [3.8, 4) is 0 Å². The second kappa shape index (κ2) is 6.63. The first-order chi connectivity index (χ1) is 13.0. The Morgan fingerprint density at radius 3 is 2.00 bits per heavy atom. The van der Waals surface area contributed by atoms with Gasteiger partial charge in [-0.05, 0) is 39.8 Å². The summed E-state index contributed by atoms with van der Waals surface area (Å²) in [6.07, 6.45) is 0. The lowest BCUT2D eigenvalue weighted by Gasteiger charge is -2.46. The van der Waals surface area contributed by atoms with Gasteiger partial charge in [0.25, 0.3) is 17.7 Å². The highest BCUT2D eigenvalue weighted by molar-refractivity contribution is 6.30. The van der Waals surface area contributed by atoms with Crippen molar-refractivity contribution in [3.63, 3.8) is 0 Å². The molecule has 2 atom stereocenters. The maximum Gasteiger partial charge on any atom is 0.359 e. The Labute approximate surface area is 166 Å². The summed E-state index contributed by atoms with van der Waals surface area (Å²) >= 11 is 6.29. The number of carbonyl (C=O) groups is 4. The lowest BCUT2D eigenvalue weighted by molar-refractivity contribution is -0.160. The van der Waals surface area contributed by atoms with E-state index in [0.717, 1.165) is 9.80 Å². The predicted molar refractivity (Wildman–Crippen MR) is 98.4 cm³/mol. The van der Waals surface area contributed by atoms with E-state index in [-0.39, 0.29) is 11.1 Å². The molecule has 9 heteroatoms. The number of hydrogen-bond acceptors (Lipinski definition) is 6. The molecule has 1 aromatic rings. The van der Waals surface area contributed by atoms with Crippen molar-refractivity contribution in [3.05, 3.63) is 46.8 Å². The fourth-order valence-electron chi connectivity index (χ4n) is 3.12. The summed E-state index contributed by atoms with van der Waals surface area (Å²) in [5, 5.41) is 9.93. The zero-order valence-corrected chi connectivity index (χ0v) is 16.5. The minimum absolute atomic E-state index is 0.184. The van der Waals surface area contributed by atoms with E-state index >= 15 is 0 Å². The molecule has 2 heterocycles. The number of likely N-dealkylation sites (tertiary alicyclic amines) is 1. The van der Waals surface area contributed by atoms with Crippen LogP contribution in [0.5, 0.6) is 0 Å². The van der Waals surface area contributed by atoms with Crippen LogP contribution in [0.4, 0.5) is 0 Å². The third kappa shape index (κ3) is 3.03. The van der Waals surface area contributed by atoms with Gasteiger partial charge < -0.3 is 9.84 Å². The van der Waals surface area contributed by atoms with Crippen molar-refractivity contribution in [1.82, 2.24) is 9.80 Å². The first kappa shape index (κ1) is 19.9. The number of carbonyl (C=O) groups excluding carboxylic acids is 4. The number of hydrogen-bond donors (Lipinski definition) is 1. The second-order valence-corrected chi connectivity index (χ2v) is 7.93. The van der Waals surface area contributed by atoms with Gasteiger partial charge in [0.2, 0.25) is 0 Å². The van der Waals surface area contributed by atoms with Gasteiger partial charge in [-0.25, -0.2) is 4.79 Å². The zero-order valence-electron chi connectivity index (χ0n) is 15.7. The molecule has 0 radical (unpaired) electrons. The Kier molecular flexibility index (Phi) is 4.71. The molecule has 1 N–H and O–H groups in total. The van der Waals surface area contributed by atoms with Gasteiger partial charge in [-0.1, -0.05) is 23.7 Å². The number of benzene rings is 1. The smallest absolute Gasteiger partial charge is 0.359 e. The molecule has 1 fully saturated rings. The maximum atomic E-state index is 12.8. The fraction of sp³-hybridized carbons (Fsp3) is 0.368. The SMILES string of the molecule is C/C(O)=C(\C(=O)OC(C)(C)C)N1C(=O)[C@@H](N2C(=O)c3ccccc3C2=O)[C@@H]1Cl. The number of aliphatic hydroxyl groups excluding tert-OH is 1. The third-order valence-corrected chi connectivity index (χ3v) is 4.71. The first-order valence-corrected chi connectivity index (χ1v) is 8.96. The Morgan fingerprint density at radius 2 is 1.61 bits per heavy atom. The van der Waals surface area contributed by atoms with Crippen molar-refractivity contribution < 1.29 is 29.0 Å². The van der Waals surface area contributed by atoms with Gasteiger partial charge in [0.05, 0.1) is 11.1 Å². The summed E-state index contributed by atoms with van der Waals surface area (Å²) in [5.41, 5.74) is -2.14. The second-order valence-electron chi connectivity index (χ2n) is 7.49. The molecule has 2 aliphatic rings. The van der Waals surface area contributed by atoms with Gasteiger partial charge in [-0.15, -0.1) is 0 Å². The number of β-lactam (4-membered cyclic amide) rings is 1. The quantitative estimate of drug-likeness (QED) is 0.157. The Balaban J connectivity index is 1.88. The van der Waals surface area contributed by atoms with Crippen LogP contribution in [0.25, 0.3) is 0 Å². The monoisotopic (exact) mass is 406 g/mol. The Hall–Kier alpha value is -2.87. The molecule has 8 nitrogen and oxygen atoms in total. The van der Waals surface area contributed by atoms with Crippen LogP contribution in [0, 0.1) is 0 Å². The molecule has 0 aliphatic carbocycles. The van der Waals surface area contributed by atoms with Gasteiger partial charge >= 0.3 is 5.97 Å². The lowest BCUT2D eigenvalue weighted by atomic mass is 10.0. The molecule has 3 amide bonds. The lowest BCUT2D eigenvalue weighted by Crippen LogP contribution is -2.69. The molecule has 0 bridgehead atoms. The summed E-state index contributed by atoms with van der Waals surface area (Å²) in [6, 6.07) is 4.91. The van der Waals surface area contributed by atoms with Crippen LogP contribution in [-0.2, 0) is 14.3 Å². The minimum atomic E-state index is -1.29. The highest BCUT2D eigenvalue weighted by atomic mass is 35.5. The van der Waals surface area contributed by atoms with Gasteiger partial charge in [0.15, 0.2) is 11.7 Å². The van der Waals surface area contributed by atoms with E-state index in [9.17, 15) is 24.3 Å². The van der Waals surface area contributed by atoms with Crippen LogP contribution in [0.15, 0.2) is 35.7 Å². The normalized spacial score (nSPS) is 22.7. The van der Waals surface area contributed by atoms with Crippen LogP contribution in [0.1, 0.15) is 48.4 Å². The van der Waals surface area contributed by atoms with Crippen molar-refractivity contribution >= 4 is 35.3 Å². The molecule has 1 saturated heterocycles. The molecule has 2 aliphatic heterocycles. The molecule has 148 valence electrons. The number of allylic oxidation sites excluding steroid dienone is 1. The van der Waals surface area contributed by atoms with Crippen molar-refractivity contribution in [1.29, 1.82) is 0 Å². The number of ether oxygens (including phenoxy) is 1. The summed E-state index contributed by atoms with van der Waals surface area (Å²) in [7, 11) is 0.